The molecule has 3 atom stereocenters. The summed E-state index contributed by atoms with van der Waals surface area (Å²) in [6, 6.07) is 31.2. The van der Waals surface area contributed by atoms with E-state index < -0.39 is 12.2 Å². The Bertz CT molecular complexity index is 1220. The Hall–Kier alpha value is -4.19. The first kappa shape index (κ1) is 20.7. The minimum Gasteiger partial charge on any atom is -0.438 e. The molecule has 1 aliphatic heterocycles. The number of benzene rings is 3. The van der Waals surface area contributed by atoms with E-state index in [9.17, 15) is 4.79 Å². The SMILES string of the molecule is C[C@@H](Nc1nccc(N2C(=O)O[C@H](c3ccccc3)[C@@H]2c2ccccc2)n1)c1ccccc1. The number of carbonyl (C=O) groups excluding carboxylic acids is 1. The molecule has 1 aromatic heterocycles. The lowest BCUT2D eigenvalue weighted by molar-refractivity contribution is 0.132. The Morgan fingerprint density at radius 1 is 0.848 bits per heavy atom. The molecule has 5 rings (SSSR count). The molecule has 0 bridgehead atoms. The summed E-state index contributed by atoms with van der Waals surface area (Å²) in [6.45, 7) is 2.05. The number of nitrogens with zero attached hydrogens (tertiary/aromatic N) is 3. The Labute approximate surface area is 192 Å². The van der Waals surface area contributed by atoms with Gasteiger partial charge in [0.05, 0.1) is 6.04 Å². The van der Waals surface area contributed by atoms with Crippen molar-refractivity contribution in [2.75, 3.05) is 10.2 Å². The van der Waals surface area contributed by atoms with Gasteiger partial charge >= 0.3 is 6.09 Å². The van der Waals surface area contributed by atoms with Gasteiger partial charge in [-0.2, -0.15) is 4.98 Å². The average Bonchev–Trinajstić information content (AvgIpc) is 3.23. The highest BCUT2D eigenvalue weighted by Gasteiger charge is 2.45. The van der Waals surface area contributed by atoms with Gasteiger partial charge in [-0.15, -0.1) is 0 Å². The van der Waals surface area contributed by atoms with Crippen molar-refractivity contribution in [3.63, 3.8) is 0 Å². The first-order chi connectivity index (χ1) is 16.2. The Morgan fingerprint density at radius 3 is 2.12 bits per heavy atom. The van der Waals surface area contributed by atoms with Crippen LogP contribution in [0.5, 0.6) is 0 Å². The van der Waals surface area contributed by atoms with E-state index in [-0.39, 0.29) is 12.1 Å². The molecule has 1 aliphatic rings. The van der Waals surface area contributed by atoms with Crippen LogP contribution in [0.1, 0.15) is 41.8 Å². The van der Waals surface area contributed by atoms with Crippen LogP contribution in [0.15, 0.2) is 103 Å². The molecule has 0 radical (unpaired) electrons. The summed E-state index contributed by atoms with van der Waals surface area (Å²) in [4.78, 5) is 23.8. The normalized spacial score (nSPS) is 18.6. The Kier molecular flexibility index (Phi) is 5.72. The summed E-state index contributed by atoms with van der Waals surface area (Å²) in [5.74, 6) is 0.941. The van der Waals surface area contributed by atoms with E-state index in [0.29, 0.717) is 11.8 Å². The average molecular weight is 437 g/mol. The predicted octanol–water partition coefficient (Wildman–Crippen LogP) is 6.09. The number of rotatable bonds is 6. The fourth-order valence-corrected chi connectivity index (χ4v) is 4.15. The summed E-state index contributed by atoms with van der Waals surface area (Å²) in [7, 11) is 0. The fourth-order valence-electron chi connectivity index (χ4n) is 4.15. The van der Waals surface area contributed by atoms with E-state index in [1.54, 1.807) is 17.2 Å². The zero-order valence-corrected chi connectivity index (χ0v) is 18.2. The molecule has 1 fully saturated rings. The van der Waals surface area contributed by atoms with Crippen molar-refractivity contribution in [2.24, 2.45) is 0 Å². The van der Waals surface area contributed by atoms with E-state index in [4.69, 9.17) is 4.74 Å². The highest BCUT2D eigenvalue weighted by atomic mass is 16.6. The van der Waals surface area contributed by atoms with Crippen LogP contribution < -0.4 is 10.2 Å². The van der Waals surface area contributed by atoms with Crippen molar-refractivity contribution in [2.45, 2.75) is 25.1 Å². The van der Waals surface area contributed by atoms with Crippen LogP contribution in [0.25, 0.3) is 0 Å². The van der Waals surface area contributed by atoms with Crippen molar-refractivity contribution in [1.29, 1.82) is 0 Å². The van der Waals surface area contributed by atoms with Crippen LogP contribution in [-0.2, 0) is 4.74 Å². The molecule has 1 amide bonds. The van der Waals surface area contributed by atoms with E-state index in [2.05, 4.69) is 27.4 Å². The van der Waals surface area contributed by atoms with Gasteiger partial charge in [0.25, 0.3) is 0 Å². The van der Waals surface area contributed by atoms with Gasteiger partial charge in [-0.1, -0.05) is 91.0 Å². The van der Waals surface area contributed by atoms with Crippen molar-refractivity contribution < 1.29 is 9.53 Å². The molecule has 3 aromatic carbocycles. The third-order valence-corrected chi connectivity index (χ3v) is 5.79. The first-order valence-electron chi connectivity index (χ1n) is 10.9. The van der Waals surface area contributed by atoms with Gasteiger partial charge in [0.2, 0.25) is 5.95 Å². The molecule has 0 aliphatic carbocycles. The Morgan fingerprint density at radius 2 is 1.45 bits per heavy atom. The van der Waals surface area contributed by atoms with Crippen LogP contribution in [0.3, 0.4) is 0 Å². The van der Waals surface area contributed by atoms with Gasteiger partial charge in [-0.25, -0.2) is 14.7 Å². The summed E-state index contributed by atoms with van der Waals surface area (Å²) >= 11 is 0. The van der Waals surface area contributed by atoms with Crippen LogP contribution in [0.4, 0.5) is 16.6 Å². The van der Waals surface area contributed by atoms with Crippen LogP contribution in [0.2, 0.25) is 0 Å². The van der Waals surface area contributed by atoms with E-state index in [1.807, 2.05) is 85.8 Å². The second kappa shape index (κ2) is 9.12. The molecular formula is C27H24N4O2. The van der Waals surface area contributed by atoms with Crippen molar-refractivity contribution in [1.82, 2.24) is 9.97 Å². The Balaban J connectivity index is 1.49. The topological polar surface area (TPSA) is 67.4 Å². The minimum absolute atomic E-state index is 0.00830. The molecule has 6 heteroatoms. The summed E-state index contributed by atoms with van der Waals surface area (Å²) in [5, 5.41) is 3.33. The number of amides is 1. The van der Waals surface area contributed by atoms with E-state index >= 15 is 0 Å². The lowest BCUT2D eigenvalue weighted by atomic mass is 9.95. The quantitative estimate of drug-likeness (QED) is 0.396. The fraction of sp³-hybridized carbons (Fsp3) is 0.148. The summed E-state index contributed by atoms with van der Waals surface area (Å²) in [5.41, 5.74) is 3.04. The van der Waals surface area contributed by atoms with Crippen LogP contribution in [0, 0.1) is 0 Å². The first-order valence-corrected chi connectivity index (χ1v) is 10.9. The van der Waals surface area contributed by atoms with Gasteiger partial charge in [-0.05, 0) is 29.7 Å². The van der Waals surface area contributed by atoms with E-state index in [0.717, 1.165) is 16.7 Å². The third-order valence-electron chi connectivity index (χ3n) is 5.79. The zero-order valence-electron chi connectivity index (χ0n) is 18.2. The molecule has 1 N–H and O–H groups in total. The van der Waals surface area contributed by atoms with Gasteiger partial charge in [0.15, 0.2) is 6.10 Å². The number of carbonyl (C=O) groups is 1. The predicted molar refractivity (Wildman–Crippen MR) is 128 cm³/mol. The van der Waals surface area contributed by atoms with Crippen molar-refractivity contribution >= 4 is 17.9 Å². The maximum absolute atomic E-state index is 13.1. The molecule has 1 saturated heterocycles. The second-order valence-electron chi connectivity index (χ2n) is 7.96. The number of ether oxygens (including phenoxy) is 1. The number of cyclic esters (lactones) is 1. The molecule has 33 heavy (non-hydrogen) atoms. The van der Waals surface area contributed by atoms with Crippen LogP contribution >= 0.6 is 0 Å². The molecule has 4 aromatic rings. The van der Waals surface area contributed by atoms with Gasteiger partial charge in [0.1, 0.15) is 11.9 Å². The molecule has 0 unspecified atom stereocenters. The number of anilines is 2. The van der Waals surface area contributed by atoms with Crippen molar-refractivity contribution in [3.05, 3.63) is 120 Å². The highest BCUT2D eigenvalue weighted by molar-refractivity contribution is 5.90. The number of hydrogen-bond acceptors (Lipinski definition) is 5. The molecule has 6 nitrogen and oxygen atoms in total. The summed E-state index contributed by atoms with van der Waals surface area (Å²) < 4.78 is 5.88. The largest absolute Gasteiger partial charge is 0.438 e. The van der Waals surface area contributed by atoms with Gasteiger partial charge in [-0.3, -0.25) is 0 Å². The second-order valence-corrected chi connectivity index (χ2v) is 7.96. The maximum atomic E-state index is 13.1. The third kappa shape index (κ3) is 4.28. The zero-order chi connectivity index (χ0) is 22.6. The minimum atomic E-state index is -0.448. The monoisotopic (exact) mass is 436 g/mol. The van der Waals surface area contributed by atoms with Crippen molar-refractivity contribution in [3.8, 4) is 0 Å². The van der Waals surface area contributed by atoms with Gasteiger partial charge < -0.3 is 10.1 Å². The van der Waals surface area contributed by atoms with E-state index in [1.165, 1.54) is 0 Å². The smallest absolute Gasteiger partial charge is 0.416 e. The maximum Gasteiger partial charge on any atom is 0.416 e. The lowest BCUT2D eigenvalue weighted by Gasteiger charge is -2.25. The number of hydrogen-bond donors (Lipinski definition) is 1. The highest BCUT2D eigenvalue weighted by Crippen LogP contribution is 2.44. The number of nitrogens with one attached hydrogen (secondary N) is 1. The molecule has 0 saturated carbocycles. The number of aromatic nitrogens is 2. The molecule has 164 valence electrons. The van der Waals surface area contributed by atoms with Gasteiger partial charge in [0, 0.05) is 6.20 Å². The molecule has 2 heterocycles. The molecular weight excluding hydrogens is 412 g/mol. The molecule has 0 spiro atoms. The lowest BCUT2D eigenvalue weighted by Crippen LogP contribution is -2.29. The van der Waals surface area contributed by atoms with Crippen LogP contribution in [-0.4, -0.2) is 16.1 Å². The standard InChI is InChI=1S/C27H24N4O2/c1-19(20-11-5-2-6-12-20)29-26-28-18-17-23(30-26)31-24(21-13-7-3-8-14-21)25(33-27(31)32)22-15-9-4-10-16-22/h2-19,24-25H,1H3,(H,28,29,30)/t19-,24+,25-/m1/s1. The summed E-state index contributed by atoms with van der Waals surface area (Å²) in [6.07, 6.45) is 0.780.